The molecule has 78 valence electrons. The molecule has 0 spiro atoms. The van der Waals surface area contributed by atoms with Gasteiger partial charge in [0.15, 0.2) is 0 Å². The van der Waals surface area contributed by atoms with Crippen LogP contribution in [0.15, 0.2) is 38.2 Å². The van der Waals surface area contributed by atoms with E-state index in [9.17, 15) is 4.79 Å². The topological polar surface area (TPSA) is 42.2 Å². The number of furan rings is 1. The lowest BCUT2D eigenvalue weighted by Gasteiger charge is -2.00. The van der Waals surface area contributed by atoms with E-state index in [-0.39, 0.29) is 5.91 Å². The van der Waals surface area contributed by atoms with Crippen LogP contribution in [0.3, 0.4) is 0 Å². The third-order valence-corrected chi connectivity index (χ3v) is 3.37. The number of thiophene rings is 1. The van der Waals surface area contributed by atoms with Crippen molar-refractivity contribution in [3.8, 4) is 0 Å². The molecular weight excluding hydrogens is 278 g/mol. The second kappa shape index (κ2) is 4.63. The van der Waals surface area contributed by atoms with Crippen LogP contribution in [-0.4, -0.2) is 5.91 Å². The van der Waals surface area contributed by atoms with Crippen LogP contribution in [0.5, 0.6) is 0 Å². The molecule has 2 aromatic heterocycles. The van der Waals surface area contributed by atoms with E-state index in [1.807, 2.05) is 11.4 Å². The highest BCUT2D eigenvalue weighted by molar-refractivity contribution is 9.11. The highest BCUT2D eigenvalue weighted by atomic mass is 79.9. The van der Waals surface area contributed by atoms with Crippen molar-refractivity contribution in [2.24, 2.45) is 0 Å². The first-order valence-electron chi connectivity index (χ1n) is 4.29. The maximum absolute atomic E-state index is 11.6. The standard InChI is InChI=1S/C10H8BrNO2S/c11-9-3-8(6-15-9)10(13)12-4-7-1-2-14-5-7/h1-3,5-6H,4H2,(H,12,13). The van der Waals surface area contributed by atoms with Gasteiger partial charge in [-0.1, -0.05) is 0 Å². The maximum atomic E-state index is 11.6. The molecule has 0 radical (unpaired) electrons. The third-order valence-electron chi connectivity index (χ3n) is 1.86. The van der Waals surface area contributed by atoms with Gasteiger partial charge in [-0.25, -0.2) is 0 Å². The van der Waals surface area contributed by atoms with Crippen LogP contribution in [0.25, 0.3) is 0 Å². The number of rotatable bonds is 3. The molecule has 0 bridgehead atoms. The van der Waals surface area contributed by atoms with E-state index in [0.29, 0.717) is 12.1 Å². The van der Waals surface area contributed by atoms with E-state index in [1.54, 1.807) is 18.6 Å². The number of carbonyl (C=O) groups is 1. The van der Waals surface area contributed by atoms with Crippen molar-refractivity contribution in [3.63, 3.8) is 0 Å². The summed E-state index contributed by atoms with van der Waals surface area (Å²) in [5.41, 5.74) is 1.63. The molecule has 15 heavy (non-hydrogen) atoms. The zero-order chi connectivity index (χ0) is 10.7. The number of carbonyl (C=O) groups excluding carboxylic acids is 1. The molecule has 1 N–H and O–H groups in total. The summed E-state index contributed by atoms with van der Waals surface area (Å²) in [7, 11) is 0. The summed E-state index contributed by atoms with van der Waals surface area (Å²) in [6.07, 6.45) is 3.20. The molecule has 0 aliphatic heterocycles. The van der Waals surface area contributed by atoms with E-state index < -0.39 is 0 Å². The van der Waals surface area contributed by atoms with Gasteiger partial charge in [-0.05, 0) is 28.1 Å². The van der Waals surface area contributed by atoms with Crippen molar-refractivity contribution in [1.82, 2.24) is 5.32 Å². The first kappa shape index (κ1) is 10.4. The highest BCUT2D eigenvalue weighted by Crippen LogP contribution is 2.20. The predicted octanol–water partition coefficient (Wildman–Crippen LogP) is 3.03. The first-order chi connectivity index (χ1) is 7.25. The Morgan fingerprint density at radius 2 is 2.47 bits per heavy atom. The molecule has 0 saturated heterocycles. The van der Waals surface area contributed by atoms with E-state index in [2.05, 4.69) is 21.2 Å². The van der Waals surface area contributed by atoms with Crippen molar-refractivity contribution in [3.05, 3.63) is 45.0 Å². The summed E-state index contributed by atoms with van der Waals surface area (Å²) in [6.45, 7) is 0.489. The molecule has 5 heteroatoms. The van der Waals surface area contributed by atoms with Crippen molar-refractivity contribution >= 4 is 33.2 Å². The molecular formula is C10H8BrNO2S. The van der Waals surface area contributed by atoms with Gasteiger partial charge in [-0.2, -0.15) is 0 Å². The summed E-state index contributed by atoms with van der Waals surface area (Å²) in [5, 5.41) is 4.62. The van der Waals surface area contributed by atoms with Gasteiger partial charge in [0, 0.05) is 17.5 Å². The van der Waals surface area contributed by atoms with Crippen molar-refractivity contribution in [1.29, 1.82) is 0 Å². The van der Waals surface area contributed by atoms with Gasteiger partial charge in [0.25, 0.3) is 5.91 Å². The van der Waals surface area contributed by atoms with Crippen LogP contribution >= 0.6 is 27.3 Å². The average Bonchev–Trinajstić information content (AvgIpc) is 2.84. The molecule has 0 atom stereocenters. The number of hydrogen-bond donors (Lipinski definition) is 1. The molecule has 3 nitrogen and oxygen atoms in total. The summed E-state index contributed by atoms with van der Waals surface area (Å²) in [5.74, 6) is -0.0712. The van der Waals surface area contributed by atoms with Gasteiger partial charge in [0.2, 0.25) is 0 Å². The van der Waals surface area contributed by atoms with Crippen LogP contribution < -0.4 is 5.32 Å². The SMILES string of the molecule is O=C(NCc1ccoc1)c1csc(Br)c1. The predicted molar refractivity (Wildman–Crippen MR) is 61.9 cm³/mol. The summed E-state index contributed by atoms with van der Waals surface area (Å²) < 4.78 is 5.85. The first-order valence-corrected chi connectivity index (χ1v) is 5.96. The molecule has 0 aromatic carbocycles. The number of halogens is 1. The minimum Gasteiger partial charge on any atom is -0.472 e. The Morgan fingerprint density at radius 3 is 3.07 bits per heavy atom. The van der Waals surface area contributed by atoms with Gasteiger partial charge >= 0.3 is 0 Å². The second-order valence-electron chi connectivity index (χ2n) is 2.95. The lowest BCUT2D eigenvalue weighted by Crippen LogP contribution is -2.21. The van der Waals surface area contributed by atoms with Gasteiger partial charge in [0.05, 0.1) is 21.9 Å². The molecule has 0 aliphatic carbocycles. The van der Waals surface area contributed by atoms with Crippen LogP contribution in [0.1, 0.15) is 15.9 Å². The largest absolute Gasteiger partial charge is 0.472 e. The van der Waals surface area contributed by atoms with Gasteiger partial charge < -0.3 is 9.73 Å². The summed E-state index contributed by atoms with van der Waals surface area (Å²) in [4.78, 5) is 11.6. The Bertz CT molecular complexity index is 450. The molecule has 2 aromatic rings. The normalized spacial score (nSPS) is 10.2. The molecule has 0 unspecified atom stereocenters. The summed E-state index contributed by atoms with van der Waals surface area (Å²) in [6, 6.07) is 3.62. The minimum atomic E-state index is -0.0712. The fraction of sp³-hybridized carbons (Fsp3) is 0.100. The lowest BCUT2D eigenvalue weighted by molar-refractivity contribution is 0.0951. The van der Waals surface area contributed by atoms with E-state index >= 15 is 0 Å². The van der Waals surface area contributed by atoms with E-state index in [4.69, 9.17) is 4.42 Å². The Labute approximate surface area is 99.2 Å². The van der Waals surface area contributed by atoms with Crippen LogP contribution in [0.4, 0.5) is 0 Å². The van der Waals surface area contributed by atoms with Crippen LogP contribution in [-0.2, 0) is 6.54 Å². The van der Waals surface area contributed by atoms with Crippen molar-refractivity contribution in [2.45, 2.75) is 6.54 Å². The van der Waals surface area contributed by atoms with Crippen LogP contribution in [0.2, 0.25) is 0 Å². The fourth-order valence-electron chi connectivity index (χ4n) is 1.11. The Morgan fingerprint density at radius 1 is 1.60 bits per heavy atom. The van der Waals surface area contributed by atoms with Crippen molar-refractivity contribution in [2.75, 3.05) is 0 Å². The Balaban J connectivity index is 1.93. The summed E-state index contributed by atoms with van der Waals surface area (Å²) >= 11 is 4.81. The quantitative estimate of drug-likeness (QED) is 0.942. The van der Waals surface area contributed by atoms with E-state index in [1.165, 1.54) is 11.3 Å². The third kappa shape index (κ3) is 2.70. The highest BCUT2D eigenvalue weighted by Gasteiger charge is 2.07. The number of amides is 1. The Kier molecular flexibility index (Phi) is 3.23. The smallest absolute Gasteiger partial charge is 0.252 e. The number of nitrogens with one attached hydrogen (secondary N) is 1. The van der Waals surface area contributed by atoms with E-state index in [0.717, 1.165) is 9.35 Å². The molecule has 1 amide bonds. The Hall–Kier alpha value is -1.07. The zero-order valence-electron chi connectivity index (χ0n) is 7.70. The number of hydrogen-bond acceptors (Lipinski definition) is 3. The lowest BCUT2D eigenvalue weighted by atomic mass is 10.3. The fourth-order valence-corrected chi connectivity index (χ4v) is 2.24. The van der Waals surface area contributed by atoms with Gasteiger partial charge in [-0.3, -0.25) is 4.79 Å². The zero-order valence-corrected chi connectivity index (χ0v) is 10.1. The molecule has 2 rings (SSSR count). The van der Waals surface area contributed by atoms with Crippen molar-refractivity contribution < 1.29 is 9.21 Å². The van der Waals surface area contributed by atoms with Gasteiger partial charge in [0.1, 0.15) is 0 Å². The monoisotopic (exact) mass is 285 g/mol. The molecule has 2 heterocycles. The minimum absolute atomic E-state index is 0.0712. The second-order valence-corrected chi connectivity index (χ2v) is 5.24. The molecule has 0 fully saturated rings. The molecule has 0 saturated carbocycles. The average molecular weight is 286 g/mol. The van der Waals surface area contributed by atoms with Crippen LogP contribution in [0, 0.1) is 0 Å². The van der Waals surface area contributed by atoms with Gasteiger partial charge in [-0.15, -0.1) is 11.3 Å². The molecule has 0 aliphatic rings. The maximum Gasteiger partial charge on any atom is 0.252 e.